The van der Waals surface area contributed by atoms with Gasteiger partial charge in [0, 0.05) is 32.4 Å². The molecule has 19 heavy (non-hydrogen) atoms. The second kappa shape index (κ2) is 7.06. The molecule has 0 spiro atoms. The number of hydrogen-bond donors (Lipinski definition) is 0. The summed E-state index contributed by atoms with van der Waals surface area (Å²) < 4.78 is 0. The monoisotopic (exact) mass is 265 g/mol. The first-order valence-electron chi connectivity index (χ1n) is 7.94. The molecule has 2 aliphatic carbocycles. The molecule has 2 aliphatic rings. The fraction of sp³-hybridized carbons (Fsp3) is 0.875. The van der Waals surface area contributed by atoms with Crippen molar-refractivity contribution in [1.82, 2.24) is 4.90 Å². The molecule has 1 amide bonds. The second-order valence-corrected chi connectivity index (χ2v) is 6.34. The SMILES string of the molecule is CN(C(=O)CC1CCCCCC1)C1CCC(=O)CC1. The molecular weight excluding hydrogens is 238 g/mol. The van der Waals surface area contributed by atoms with E-state index in [-0.39, 0.29) is 0 Å². The summed E-state index contributed by atoms with van der Waals surface area (Å²) in [7, 11) is 1.93. The highest BCUT2D eigenvalue weighted by atomic mass is 16.2. The van der Waals surface area contributed by atoms with Crippen LogP contribution in [-0.4, -0.2) is 29.7 Å². The number of hydrogen-bond acceptors (Lipinski definition) is 2. The van der Waals surface area contributed by atoms with E-state index in [9.17, 15) is 9.59 Å². The van der Waals surface area contributed by atoms with Crippen molar-refractivity contribution in [1.29, 1.82) is 0 Å². The van der Waals surface area contributed by atoms with E-state index in [2.05, 4.69) is 0 Å². The van der Waals surface area contributed by atoms with Gasteiger partial charge in [-0.25, -0.2) is 0 Å². The number of carbonyl (C=O) groups is 2. The summed E-state index contributed by atoms with van der Waals surface area (Å²) in [5, 5.41) is 0. The van der Waals surface area contributed by atoms with Crippen LogP contribution in [0.4, 0.5) is 0 Å². The highest BCUT2D eigenvalue weighted by Crippen LogP contribution is 2.27. The number of amides is 1. The van der Waals surface area contributed by atoms with Gasteiger partial charge in [-0.3, -0.25) is 9.59 Å². The average Bonchev–Trinajstić information content (AvgIpc) is 2.67. The molecule has 0 aromatic rings. The van der Waals surface area contributed by atoms with Crippen LogP contribution in [0, 0.1) is 5.92 Å². The highest BCUT2D eigenvalue weighted by Gasteiger charge is 2.26. The molecule has 3 nitrogen and oxygen atoms in total. The van der Waals surface area contributed by atoms with E-state index in [0.717, 1.165) is 19.3 Å². The van der Waals surface area contributed by atoms with Gasteiger partial charge in [0.05, 0.1) is 0 Å². The molecule has 0 aromatic carbocycles. The Bertz CT molecular complexity index is 309. The summed E-state index contributed by atoms with van der Waals surface area (Å²) in [6.45, 7) is 0. The van der Waals surface area contributed by atoms with Gasteiger partial charge in [-0.05, 0) is 31.6 Å². The smallest absolute Gasteiger partial charge is 0.222 e. The van der Waals surface area contributed by atoms with E-state index in [4.69, 9.17) is 0 Å². The third-order valence-corrected chi connectivity index (χ3v) is 4.89. The third-order valence-electron chi connectivity index (χ3n) is 4.89. The van der Waals surface area contributed by atoms with Crippen molar-refractivity contribution < 1.29 is 9.59 Å². The van der Waals surface area contributed by atoms with Crippen LogP contribution < -0.4 is 0 Å². The van der Waals surface area contributed by atoms with Gasteiger partial charge < -0.3 is 4.90 Å². The van der Waals surface area contributed by atoms with E-state index in [1.807, 2.05) is 11.9 Å². The molecule has 2 rings (SSSR count). The van der Waals surface area contributed by atoms with Gasteiger partial charge in [-0.2, -0.15) is 0 Å². The minimum absolute atomic E-state index is 0.297. The van der Waals surface area contributed by atoms with Crippen molar-refractivity contribution in [3.63, 3.8) is 0 Å². The molecular formula is C16H27NO2. The molecule has 0 aliphatic heterocycles. The van der Waals surface area contributed by atoms with Crippen LogP contribution in [0.25, 0.3) is 0 Å². The molecule has 2 saturated carbocycles. The Morgan fingerprint density at radius 1 is 1.05 bits per heavy atom. The third kappa shape index (κ3) is 4.32. The highest BCUT2D eigenvalue weighted by molar-refractivity contribution is 5.80. The fourth-order valence-electron chi connectivity index (χ4n) is 3.47. The Labute approximate surface area is 116 Å². The maximum Gasteiger partial charge on any atom is 0.222 e. The molecule has 0 aromatic heterocycles. The van der Waals surface area contributed by atoms with Crippen molar-refractivity contribution in [2.75, 3.05) is 7.05 Å². The second-order valence-electron chi connectivity index (χ2n) is 6.34. The van der Waals surface area contributed by atoms with Gasteiger partial charge in [-0.15, -0.1) is 0 Å². The molecule has 2 fully saturated rings. The zero-order valence-electron chi connectivity index (χ0n) is 12.2. The lowest BCUT2D eigenvalue weighted by Crippen LogP contribution is -2.40. The Morgan fingerprint density at radius 2 is 1.63 bits per heavy atom. The number of Topliss-reactive ketones (excluding diaryl/α,β-unsaturated/α-hetero) is 1. The lowest BCUT2D eigenvalue weighted by atomic mass is 9.92. The summed E-state index contributed by atoms with van der Waals surface area (Å²) in [5.41, 5.74) is 0. The normalized spacial score (nSPS) is 23.1. The van der Waals surface area contributed by atoms with E-state index >= 15 is 0 Å². The summed E-state index contributed by atoms with van der Waals surface area (Å²) in [5.74, 6) is 1.26. The summed E-state index contributed by atoms with van der Waals surface area (Å²) >= 11 is 0. The Morgan fingerprint density at radius 3 is 2.21 bits per heavy atom. The van der Waals surface area contributed by atoms with Gasteiger partial charge in [0.15, 0.2) is 0 Å². The molecule has 0 radical (unpaired) electrons. The lowest BCUT2D eigenvalue weighted by molar-refractivity contribution is -0.135. The van der Waals surface area contributed by atoms with Crippen molar-refractivity contribution in [3.8, 4) is 0 Å². The van der Waals surface area contributed by atoms with Crippen LogP contribution in [0.15, 0.2) is 0 Å². The zero-order chi connectivity index (χ0) is 13.7. The number of carbonyl (C=O) groups excluding carboxylic acids is 2. The van der Waals surface area contributed by atoms with Crippen LogP contribution in [0.2, 0.25) is 0 Å². The van der Waals surface area contributed by atoms with Gasteiger partial charge in [0.1, 0.15) is 5.78 Å². The quantitative estimate of drug-likeness (QED) is 0.734. The molecule has 3 heteroatoms. The fourth-order valence-corrected chi connectivity index (χ4v) is 3.47. The molecule has 108 valence electrons. The van der Waals surface area contributed by atoms with E-state index in [1.165, 1.54) is 38.5 Å². The Hall–Kier alpha value is -0.860. The minimum atomic E-state index is 0.297. The van der Waals surface area contributed by atoms with Crippen LogP contribution in [-0.2, 0) is 9.59 Å². The van der Waals surface area contributed by atoms with Crippen molar-refractivity contribution >= 4 is 11.7 Å². The van der Waals surface area contributed by atoms with Crippen LogP contribution in [0.5, 0.6) is 0 Å². The van der Waals surface area contributed by atoms with Crippen molar-refractivity contribution in [2.45, 2.75) is 76.7 Å². The van der Waals surface area contributed by atoms with Crippen LogP contribution in [0.1, 0.15) is 70.6 Å². The summed E-state index contributed by atoms with van der Waals surface area (Å²) in [6.07, 6.45) is 11.5. The lowest BCUT2D eigenvalue weighted by Gasteiger charge is -2.31. The molecule has 0 saturated heterocycles. The maximum atomic E-state index is 12.3. The first-order chi connectivity index (χ1) is 9.16. The Kier molecular flexibility index (Phi) is 5.41. The molecule has 0 atom stereocenters. The van der Waals surface area contributed by atoms with Gasteiger partial charge in [-0.1, -0.05) is 25.7 Å². The largest absolute Gasteiger partial charge is 0.343 e. The van der Waals surface area contributed by atoms with Crippen molar-refractivity contribution in [2.24, 2.45) is 5.92 Å². The zero-order valence-corrected chi connectivity index (χ0v) is 12.2. The standard InChI is InChI=1S/C16H27NO2/c1-17(14-8-10-15(18)11-9-14)16(19)12-13-6-4-2-3-5-7-13/h13-14H,2-12H2,1H3. The average molecular weight is 265 g/mol. The molecule has 0 N–H and O–H groups in total. The van der Waals surface area contributed by atoms with Crippen molar-refractivity contribution in [3.05, 3.63) is 0 Å². The number of ketones is 1. The molecule has 0 heterocycles. The summed E-state index contributed by atoms with van der Waals surface area (Å²) in [6, 6.07) is 0.302. The number of rotatable bonds is 3. The van der Waals surface area contributed by atoms with Crippen LogP contribution >= 0.6 is 0 Å². The van der Waals surface area contributed by atoms with E-state index < -0.39 is 0 Å². The summed E-state index contributed by atoms with van der Waals surface area (Å²) in [4.78, 5) is 25.5. The van der Waals surface area contributed by atoms with Gasteiger partial charge >= 0.3 is 0 Å². The van der Waals surface area contributed by atoms with Gasteiger partial charge in [0.2, 0.25) is 5.91 Å². The molecule has 0 unspecified atom stereocenters. The predicted molar refractivity (Wildman–Crippen MR) is 75.8 cm³/mol. The Balaban J connectivity index is 1.79. The van der Waals surface area contributed by atoms with E-state index in [1.54, 1.807) is 0 Å². The van der Waals surface area contributed by atoms with Crippen LogP contribution in [0.3, 0.4) is 0 Å². The topological polar surface area (TPSA) is 37.4 Å². The predicted octanol–water partition coefficient (Wildman–Crippen LogP) is 3.32. The first kappa shape index (κ1) is 14.5. The van der Waals surface area contributed by atoms with E-state index in [0.29, 0.717) is 36.5 Å². The minimum Gasteiger partial charge on any atom is -0.343 e. The molecule has 0 bridgehead atoms. The first-order valence-corrected chi connectivity index (χ1v) is 7.94. The number of nitrogens with zero attached hydrogens (tertiary/aromatic N) is 1. The van der Waals surface area contributed by atoms with Gasteiger partial charge in [0.25, 0.3) is 0 Å². The maximum absolute atomic E-state index is 12.3.